The molecule has 4 rings (SSSR count). The van der Waals surface area contributed by atoms with Gasteiger partial charge in [-0.1, -0.05) is 6.07 Å². The maximum atomic E-state index is 5.74. The predicted molar refractivity (Wildman–Crippen MR) is 80.2 cm³/mol. The first kappa shape index (κ1) is 11.3. The van der Waals surface area contributed by atoms with E-state index in [-0.39, 0.29) is 0 Å². The van der Waals surface area contributed by atoms with Gasteiger partial charge in [0.2, 0.25) is 0 Å². The number of nitrogens with one attached hydrogen (secondary N) is 1. The van der Waals surface area contributed by atoms with E-state index in [0.717, 1.165) is 17.6 Å². The summed E-state index contributed by atoms with van der Waals surface area (Å²) in [6.45, 7) is 0. The Bertz CT molecular complexity index is 792. The zero-order valence-corrected chi connectivity index (χ0v) is 11.0. The van der Waals surface area contributed by atoms with Gasteiger partial charge in [0.05, 0.1) is 0 Å². The van der Waals surface area contributed by atoms with Crippen LogP contribution < -0.4 is 11.1 Å². The Balaban J connectivity index is 1.66. The third-order valence-electron chi connectivity index (χ3n) is 3.76. The molecule has 0 amide bonds. The van der Waals surface area contributed by atoms with E-state index in [2.05, 4.69) is 28.5 Å². The van der Waals surface area contributed by atoms with Gasteiger partial charge in [0.1, 0.15) is 5.52 Å². The molecule has 1 aliphatic rings. The SMILES string of the molecule is Nc1ccc2nc(Nc3ccc4c(c3)CCC4)oc2c1. The molecule has 1 aromatic heterocycles. The highest BCUT2D eigenvalue weighted by atomic mass is 16.4. The molecule has 0 fully saturated rings. The van der Waals surface area contributed by atoms with Gasteiger partial charge in [0, 0.05) is 17.4 Å². The number of aryl methyl sites for hydroxylation is 2. The molecule has 2 aromatic carbocycles. The summed E-state index contributed by atoms with van der Waals surface area (Å²) in [5, 5.41) is 3.22. The van der Waals surface area contributed by atoms with Crippen LogP contribution in [0.1, 0.15) is 17.5 Å². The smallest absolute Gasteiger partial charge is 0.300 e. The zero-order chi connectivity index (χ0) is 13.5. The number of fused-ring (bicyclic) bond motifs is 2. The predicted octanol–water partition coefficient (Wildman–Crippen LogP) is 3.64. The van der Waals surface area contributed by atoms with E-state index < -0.39 is 0 Å². The van der Waals surface area contributed by atoms with Crippen molar-refractivity contribution in [2.75, 3.05) is 11.1 Å². The maximum absolute atomic E-state index is 5.74. The summed E-state index contributed by atoms with van der Waals surface area (Å²) in [4.78, 5) is 4.41. The number of nitrogen functional groups attached to an aromatic ring is 1. The highest BCUT2D eigenvalue weighted by Gasteiger charge is 2.12. The average molecular weight is 265 g/mol. The first-order valence-corrected chi connectivity index (χ1v) is 6.83. The molecule has 4 nitrogen and oxygen atoms in total. The van der Waals surface area contributed by atoms with Crippen LogP contribution in [-0.2, 0) is 12.8 Å². The quantitative estimate of drug-likeness (QED) is 0.694. The van der Waals surface area contributed by atoms with Crippen LogP contribution in [0.5, 0.6) is 0 Å². The minimum atomic E-state index is 0.503. The molecular formula is C16H15N3O. The van der Waals surface area contributed by atoms with Crippen molar-refractivity contribution in [3.05, 3.63) is 47.5 Å². The average Bonchev–Trinajstić information content (AvgIpc) is 3.03. The van der Waals surface area contributed by atoms with Crippen LogP contribution in [0.25, 0.3) is 11.1 Å². The van der Waals surface area contributed by atoms with Crippen LogP contribution in [0, 0.1) is 0 Å². The molecule has 3 aromatic rings. The van der Waals surface area contributed by atoms with E-state index >= 15 is 0 Å². The van der Waals surface area contributed by atoms with Gasteiger partial charge < -0.3 is 15.5 Å². The number of oxazole rings is 1. The summed E-state index contributed by atoms with van der Waals surface area (Å²) >= 11 is 0. The van der Waals surface area contributed by atoms with E-state index in [4.69, 9.17) is 10.2 Å². The normalized spacial score (nSPS) is 13.6. The van der Waals surface area contributed by atoms with Crippen molar-refractivity contribution in [3.8, 4) is 0 Å². The fraction of sp³-hybridized carbons (Fsp3) is 0.188. The van der Waals surface area contributed by atoms with Gasteiger partial charge in [-0.2, -0.15) is 4.98 Å². The van der Waals surface area contributed by atoms with Crippen molar-refractivity contribution in [1.82, 2.24) is 4.98 Å². The van der Waals surface area contributed by atoms with Gasteiger partial charge in [-0.15, -0.1) is 0 Å². The van der Waals surface area contributed by atoms with Crippen molar-refractivity contribution < 1.29 is 4.42 Å². The number of rotatable bonds is 2. The Morgan fingerprint density at radius 1 is 1.05 bits per heavy atom. The van der Waals surface area contributed by atoms with Crippen LogP contribution in [0.15, 0.2) is 40.8 Å². The number of hydrogen-bond acceptors (Lipinski definition) is 4. The summed E-state index contributed by atoms with van der Waals surface area (Å²) in [5.41, 5.74) is 11.8. The lowest BCUT2D eigenvalue weighted by Gasteiger charge is -2.04. The minimum absolute atomic E-state index is 0.503. The molecule has 0 atom stereocenters. The molecule has 3 N–H and O–H groups in total. The molecule has 0 bridgehead atoms. The van der Waals surface area contributed by atoms with E-state index in [9.17, 15) is 0 Å². The second kappa shape index (κ2) is 4.27. The second-order valence-electron chi connectivity index (χ2n) is 5.21. The Hall–Kier alpha value is -2.49. The number of benzene rings is 2. The monoisotopic (exact) mass is 265 g/mol. The fourth-order valence-corrected chi connectivity index (χ4v) is 2.77. The van der Waals surface area contributed by atoms with E-state index in [0.29, 0.717) is 17.3 Å². The van der Waals surface area contributed by atoms with Crippen molar-refractivity contribution in [3.63, 3.8) is 0 Å². The van der Waals surface area contributed by atoms with Gasteiger partial charge in [-0.25, -0.2) is 0 Å². The van der Waals surface area contributed by atoms with Crippen molar-refractivity contribution in [2.45, 2.75) is 19.3 Å². The Morgan fingerprint density at radius 3 is 2.90 bits per heavy atom. The number of anilines is 3. The Labute approximate surface area is 116 Å². The summed E-state index contributed by atoms with van der Waals surface area (Å²) in [6.07, 6.45) is 3.60. The number of nitrogens with two attached hydrogens (primary N) is 1. The number of hydrogen-bond donors (Lipinski definition) is 2. The molecule has 0 aliphatic heterocycles. The zero-order valence-electron chi connectivity index (χ0n) is 11.0. The third-order valence-corrected chi connectivity index (χ3v) is 3.76. The van der Waals surface area contributed by atoms with E-state index in [1.54, 1.807) is 6.07 Å². The molecule has 1 aliphatic carbocycles. The molecule has 100 valence electrons. The highest BCUT2D eigenvalue weighted by molar-refractivity contribution is 5.78. The summed E-state index contributed by atoms with van der Waals surface area (Å²) in [7, 11) is 0. The molecule has 20 heavy (non-hydrogen) atoms. The van der Waals surface area contributed by atoms with Crippen LogP contribution in [-0.4, -0.2) is 4.98 Å². The van der Waals surface area contributed by atoms with Crippen molar-refractivity contribution >= 4 is 28.5 Å². The summed E-state index contributed by atoms with van der Waals surface area (Å²) in [6, 6.07) is 12.4. The largest absolute Gasteiger partial charge is 0.423 e. The Kier molecular flexibility index (Phi) is 2.42. The lowest BCUT2D eigenvalue weighted by atomic mass is 10.1. The van der Waals surface area contributed by atoms with Crippen molar-refractivity contribution in [2.24, 2.45) is 0 Å². The molecule has 0 saturated heterocycles. The van der Waals surface area contributed by atoms with Gasteiger partial charge in [-0.3, -0.25) is 0 Å². The van der Waals surface area contributed by atoms with Gasteiger partial charge in [-0.05, 0) is 54.7 Å². The maximum Gasteiger partial charge on any atom is 0.300 e. The van der Waals surface area contributed by atoms with E-state index in [1.165, 1.54) is 24.0 Å². The van der Waals surface area contributed by atoms with Gasteiger partial charge >= 0.3 is 0 Å². The molecule has 0 unspecified atom stereocenters. The molecule has 1 heterocycles. The van der Waals surface area contributed by atoms with Crippen LogP contribution in [0.4, 0.5) is 17.4 Å². The molecule has 0 radical (unpaired) electrons. The van der Waals surface area contributed by atoms with Gasteiger partial charge in [0.15, 0.2) is 5.58 Å². The summed E-state index contributed by atoms with van der Waals surface area (Å²) < 4.78 is 5.67. The molecule has 0 saturated carbocycles. The number of aromatic nitrogens is 1. The third kappa shape index (κ3) is 1.90. The van der Waals surface area contributed by atoms with Crippen LogP contribution in [0.3, 0.4) is 0 Å². The van der Waals surface area contributed by atoms with Gasteiger partial charge in [0.25, 0.3) is 6.01 Å². The lowest BCUT2D eigenvalue weighted by molar-refractivity contribution is 0.623. The standard InChI is InChI=1S/C16H15N3O/c17-12-5-7-14-15(9-12)20-16(19-14)18-13-6-4-10-2-1-3-11(10)8-13/h4-9H,1-3,17H2,(H,18,19). The van der Waals surface area contributed by atoms with Crippen LogP contribution >= 0.6 is 0 Å². The first-order chi connectivity index (χ1) is 9.78. The topological polar surface area (TPSA) is 64.1 Å². The Morgan fingerprint density at radius 2 is 1.95 bits per heavy atom. The minimum Gasteiger partial charge on any atom is -0.423 e. The highest BCUT2D eigenvalue weighted by Crippen LogP contribution is 2.28. The van der Waals surface area contributed by atoms with Crippen molar-refractivity contribution in [1.29, 1.82) is 0 Å². The van der Waals surface area contributed by atoms with Crippen LogP contribution in [0.2, 0.25) is 0 Å². The fourth-order valence-electron chi connectivity index (χ4n) is 2.77. The molecule has 4 heteroatoms. The molecular weight excluding hydrogens is 250 g/mol. The lowest BCUT2D eigenvalue weighted by Crippen LogP contribution is -1.92. The molecule has 0 spiro atoms. The number of nitrogens with zero attached hydrogens (tertiary/aromatic N) is 1. The second-order valence-corrected chi connectivity index (χ2v) is 5.21. The summed E-state index contributed by atoms with van der Waals surface area (Å²) in [5.74, 6) is 0. The first-order valence-electron chi connectivity index (χ1n) is 6.83. The van der Waals surface area contributed by atoms with E-state index in [1.807, 2.05) is 12.1 Å².